The van der Waals surface area contributed by atoms with Crippen molar-refractivity contribution in [3.8, 4) is 0 Å². The lowest BCUT2D eigenvalue weighted by molar-refractivity contribution is 0.0954. The third-order valence-corrected chi connectivity index (χ3v) is 6.62. The number of benzene rings is 1. The van der Waals surface area contributed by atoms with Crippen molar-refractivity contribution in [3.63, 3.8) is 0 Å². The summed E-state index contributed by atoms with van der Waals surface area (Å²) in [7, 11) is -3.48. The van der Waals surface area contributed by atoms with E-state index in [2.05, 4.69) is 20.4 Å². The van der Waals surface area contributed by atoms with Gasteiger partial charge in [0.2, 0.25) is 10.0 Å². The lowest BCUT2D eigenvalue weighted by atomic mass is 9.98. The van der Waals surface area contributed by atoms with Gasteiger partial charge in [0.05, 0.1) is 17.9 Å². The number of nitrogens with zero attached hydrogens (tertiary/aromatic N) is 5. The summed E-state index contributed by atoms with van der Waals surface area (Å²) in [5, 5.41) is 7.46. The zero-order valence-corrected chi connectivity index (χ0v) is 19.1. The average molecular weight is 455 g/mol. The zero-order valence-electron chi connectivity index (χ0n) is 18.3. The molecule has 1 unspecified atom stereocenters. The molecule has 0 saturated heterocycles. The molecule has 0 radical (unpaired) electrons. The van der Waals surface area contributed by atoms with Crippen LogP contribution in [0.25, 0.3) is 0 Å². The van der Waals surface area contributed by atoms with Crippen LogP contribution < -0.4 is 9.62 Å². The first-order valence-electron chi connectivity index (χ1n) is 10.4. The first kappa shape index (κ1) is 21.9. The van der Waals surface area contributed by atoms with E-state index in [-0.39, 0.29) is 24.4 Å². The van der Waals surface area contributed by atoms with Gasteiger partial charge in [0, 0.05) is 37.1 Å². The van der Waals surface area contributed by atoms with Gasteiger partial charge in [0.15, 0.2) is 5.82 Å². The average Bonchev–Trinajstić information content (AvgIpc) is 3.39. The molecule has 1 aliphatic heterocycles. The number of amides is 1. The monoisotopic (exact) mass is 454 g/mol. The van der Waals surface area contributed by atoms with Crippen molar-refractivity contribution in [3.05, 3.63) is 71.6 Å². The number of anilines is 1. The highest BCUT2D eigenvalue weighted by Crippen LogP contribution is 2.40. The first-order chi connectivity index (χ1) is 15.2. The molecule has 0 bridgehead atoms. The van der Waals surface area contributed by atoms with E-state index in [1.54, 1.807) is 41.6 Å². The second kappa shape index (κ2) is 8.70. The maximum Gasteiger partial charge on any atom is 0.251 e. The number of carbonyl (C=O) groups excluding carboxylic acids is 1. The zero-order chi connectivity index (χ0) is 22.9. The van der Waals surface area contributed by atoms with Crippen molar-refractivity contribution in [2.45, 2.75) is 32.2 Å². The number of pyridine rings is 1. The predicted molar refractivity (Wildman–Crippen MR) is 121 cm³/mol. The maximum atomic E-state index is 12.8. The van der Waals surface area contributed by atoms with E-state index in [0.29, 0.717) is 30.0 Å². The molecular formula is C22H26N6O3S. The van der Waals surface area contributed by atoms with E-state index in [0.717, 1.165) is 11.1 Å². The summed E-state index contributed by atoms with van der Waals surface area (Å²) in [4.78, 5) is 21.2. The third-order valence-electron chi connectivity index (χ3n) is 5.47. The van der Waals surface area contributed by atoms with Crippen LogP contribution in [0.1, 0.15) is 53.1 Å². The lowest BCUT2D eigenvalue weighted by Gasteiger charge is -2.16. The molecule has 1 aromatic carbocycles. The van der Waals surface area contributed by atoms with Crippen molar-refractivity contribution in [1.29, 1.82) is 0 Å². The second-order valence-electron chi connectivity index (χ2n) is 8.16. The van der Waals surface area contributed by atoms with Crippen molar-refractivity contribution < 1.29 is 13.2 Å². The Morgan fingerprint density at radius 2 is 2.09 bits per heavy atom. The van der Waals surface area contributed by atoms with Gasteiger partial charge < -0.3 is 5.32 Å². The largest absolute Gasteiger partial charge is 0.352 e. The SMILES string of the molecule is CC(C)n1cnc(C2CN(S(C)(=O)=O)c3ccc(C(=O)NCCc4cccnc4)cc32)n1. The van der Waals surface area contributed by atoms with Crippen molar-refractivity contribution in [2.75, 3.05) is 23.7 Å². The summed E-state index contributed by atoms with van der Waals surface area (Å²) in [6.07, 6.45) is 6.98. The molecule has 0 spiro atoms. The minimum absolute atomic E-state index is 0.139. The Hall–Kier alpha value is -3.27. The highest BCUT2D eigenvalue weighted by Gasteiger charge is 2.37. The Bertz CT molecular complexity index is 1220. The lowest BCUT2D eigenvalue weighted by Crippen LogP contribution is -2.29. The van der Waals surface area contributed by atoms with Crippen molar-refractivity contribution >= 4 is 21.6 Å². The molecule has 4 rings (SSSR count). The minimum Gasteiger partial charge on any atom is -0.352 e. The van der Waals surface area contributed by atoms with Gasteiger partial charge in [0.1, 0.15) is 6.33 Å². The van der Waals surface area contributed by atoms with Gasteiger partial charge >= 0.3 is 0 Å². The molecule has 3 aromatic rings. The highest BCUT2D eigenvalue weighted by molar-refractivity contribution is 7.92. The number of aromatic nitrogens is 4. The van der Waals surface area contributed by atoms with Gasteiger partial charge in [-0.05, 0) is 55.7 Å². The van der Waals surface area contributed by atoms with Crippen LogP contribution in [-0.2, 0) is 16.4 Å². The summed E-state index contributed by atoms with van der Waals surface area (Å²) < 4.78 is 27.9. The summed E-state index contributed by atoms with van der Waals surface area (Å²) in [5.74, 6) is -0.0166. The molecule has 1 N–H and O–H groups in total. The Kier molecular flexibility index (Phi) is 5.96. The van der Waals surface area contributed by atoms with Crippen LogP contribution in [0.3, 0.4) is 0 Å². The molecule has 0 aliphatic carbocycles. The fraction of sp³-hybridized carbons (Fsp3) is 0.364. The fourth-order valence-corrected chi connectivity index (χ4v) is 4.71. The summed E-state index contributed by atoms with van der Waals surface area (Å²) in [6, 6.07) is 9.05. The number of fused-ring (bicyclic) bond motifs is 1. The van der Waals surface area contributed by atoms with Gasteiger partial charge in [0.25, 0.3) is 5.91 Å². The van der Waals surface area contributed by atoms with Crippen LogP contribution in [0.2, 0.25) is 0 Å². The number of hydrogen-bond donors (Lipinski definition) is 1. The molecule has 1 amide bonds. The quantitative estimate of drug-likeness (QED) is 0.586. The maximum absolute atomic E-state index is 12.8. The van der Waals surface area contributed by atoms with Crippen molar-refractivity contribution in [1.82, 2.24) is 25.1 Å². The normalized spacial score (nSPS) is 15.8. The second-order valence-corrected chi connectivity index (χ2v) is 10.1. The topological polar surface area (TPSA) is 110 Å². The molecule has 3 heterocycles. The van der Waals surface area contributed by atoms with Crippen LogP contribution in [0.4, 0.5) is 5.69 Å². The Morgan fingerprint density at radius 3 is 2.75 bits per heavy atom. The summed E-state index contributed by atoms with van der Waals surface area (Å²) >= 11 is 0. The smallest absolute Gasteiger partial charge is 0.251 e. The Morgan fingerprint density at radius 1 is 1.28 bits per heavy atom. The molecule has 32 heavy (non-hydrogen) atoms. The number of hydrogen-bond acceptors (Lipinski definition) is 6. The van der Waals surface area contributed by atoms with E-state index >= 15 is 0 Å². The predicted octanol–water partition coefficient (Wildman–Crippen LogP) is 2.14. The molecule has 1 aliphatic rings. The van der Waals surface area contributed by atoms with Crippen LogP contribution in [0.15, 0.2) is 49.1 Å². The van der Waals surface area contributed by atoms with Gasteiger partial charge in [-0.25, -0.2) is 13.4 Å². The summed E-state index contributed by atoms with van der Waals surface area (Å²) in [6.45, 7) is 4.68. The van der Waals surface area contributed by atoms with E-state index in [1.165, 1.54) is 10.6 Å². The van der Waals surface area contributed by atoms with Crippen LogP contribution in [0.5, 0.6) is 0 Å². The number of carbonyl (C=O) groups is 1. The van der Waals surface area contributed by atoms with E-state index in [1.807, 2.05) is 26.0 Å². The molecule has 9 nitrogen and oxygen atoms in total. The molecule has 0 fully saturated rings. The van der Waals surface area contributed by atoms with Gasteiger partial charge in [-0.1, -0.05) is 6.07 Å². The molecule has 2 aromatic heterocycles. The fourth-order valence-electron chi connectivity index (χ4n) is 3.76. The molecule has 1 atom stereocenters. The van der Waals surface area contributed by atoms with Gasteiger partial charge in [-0.3, -0.25) is 18.8 Å². The van der Waals surface area contributed by atoms with Gasteiger partial charge in [-0.2, -0.15) is 5.10 Å². The molecule has 0 saturated carbocycles. The molecule has 168 valence electrons. The minimum atomic E-state index is -3.48. The molecule has 10 heteroatoms. The number of nitrogens with one attached hydrogen (secondary N) is 1. The van der Waals surface area contributed by atoms with Crippen molar-refractivity contribution in [2.24, 2.45) is 0 Å². The van der Waals surface area contributed by atoms with Gasteiger partial charge in [-0.15, -0.1) is 0 Å². The van der Waals surface area contributed by atoms with E-state index in [4.69, 9.17) is 0 Å². The highest BCUT2D eigenvalue weighted by atomic mass is 32.2. The Labute approximate surface area is 187 Å². The Balaban J connectivity index is 1.58. The van der Waals surface area contributed by atoms with E-state index < -0.39 is 10.0 Å². The van der Waals surface area contributed by atoms with Crippen LogP contribution in [0, 0.1) is 0 Å². The summed E-state index contributed by atoms with van der Waals surface area (Å²) in [5.41, 5.74) is 2.80. The third kappa shape index (κ3) is 4.50. The number of sulfonamides is 1. The standard InChI is InChI=1S/C22H26N6O3S/c1-15(2)27-14-25-21(26-27)19-13-28(32(3,30)31)20-7-6-17(11-18(19)20)22(29)24-10-8-16-5-4-9-23-12-16/h4-7,9,11-12,14-15,19H,8,10,13H2,1-3H3,(H,24,29). The number of rotatable bonds is 7. The van der Waals surface area contributed by atoms with Crippen LogP contribution >= 0.6 is 0 Å². The molecular weight excluding hydrogens is 428 g/mol. The van der Waals surface area contributed by atoms with Crippen LogP contribution in [-0.4, -0.2) is 53.4 Å². The van der Waals surface area contributed by atoms with E-state index in [9.17, 15) is 13.2 Å². The first-order valence-corrected chi connectivity index (χ1v) is 12.3.